The predicted molar refractivity (Wildman–Crippen MR) is 66.5 cm³/mol. The number of aliphatic hydroxyl groups excluding tert-OH is 2. The molecule has 0 aliphatic carbocycles. The van der Waals surface area contributed by atoms with Crippen LogP contribution in [0.15, 0.2) is 25.7 Å². The summed E-state index contributed by atoms with van der Waals surface area (Å²) in [6, 6.07) is 0. The van der Waals surface area contributed by atoms with Gasteiger partial charge in [-0.15, -0.1) is 0 Å². The second-order valence-corrected chi connectivity index (χ2v) is 2.84. The molecule has 0 unspecified atom stereocenters. The molecule has 0 aromatic heterocycles. The second kappa shape index (κ2) is 20.4. The van der Waals surface area contributed by atoms with Gasteiger partial charge in [0.05, 0.1) is 39.0 Å². The van der Waals surface area contributed by atoms with Gasteiger partial charge in [0, 0.05) is 6.61 Å². The monoisotopic (exact) mass is 248 g/mol. The molecule has 0 rings (SSSR count). The van der Waals surface area contributed by atoms with Crippen molar-refractivity contribution in [3.63, 3.8) is 0 Å². The molecule has 0 aliphatic rings. The number of aliphatic hydroxyl groups is 2. The molecule has 0 aliphatic heterocycles. The molecule has 2 N–H and O–H groups in total. The molecule has 0 atom stereocenters. The van der Waals surface area contributed by atoms with Gasteiger partial charge in [0.15, 0.2) is 0 Å². The first-order chi connectivity index (χ1) is 8.33. The summed E-state index contributed by atoms with van der Waals surface area (Å²) in [5.41, 5.74) is 0. The van der Waals surface area contributed by atoms with Gasteiger partial charge >= 0.3 is 0 Å². The number of unbranched alkanes of at least 4 members (excludes halogenated alkanes) is 1. The second-order valence-electron chi connectivity index (χ2n) is 2.84. The first-order valence-corrected chi connectivity index (χ1v) is 5.58. The summed E-state index contributed by atoms with van der Waals surface area (Å²) in [6.45, 7) is 9.10. The third-order valence-corrected chi connectivity index (χ3v) is 1.49. The highest BCUT2D eigenvalue weighted by molar-refractivity contribution is 4.48. The smallest absolute Gasteiger partial charge is 0.111 e. The Morgan fingerprint density at radius 1 is 0.765 bits per heavy atom. The Bertz CT molecular complexity index is 150. The summed E-state index contributed by atoms with van der Waals surface area (Å²) < 4.78 is 14.4. The molecule has 5 heteroatoms. The highest BCUT2D eigenvalue weighted by Gasteiger charge is 1.83. The quantitative estimate of drug-likeness (QED) is 0.423. The van der Waals surface area contributed by atoms with Crippen LogP contribution in [0.25, 0.3) is 0 Å². The molecule has 0 aromatic rings. The lowest BCUT2D eigenvalue weighted by atomic mass is 10.3. The van der Waals surface area contributed by atoms with E-state index in [0.29, 0.717) is 26.4 Å². The van der Waals surface area contributed by atoms with Crippen LogP contribution in [-0.4, -0.2) is 49.9 Å². The standard InChI is InChI=1S/C6H12O3.C6H12O2/c1-2-8-5-6-9-4-3-7;1-2-8-6-4-3-5-7/h2,7H,1,3-6H2;2,7H,1,3-6H2. The molecule has 5 nitrogen and oxygen atoms in total. The fourth-order valence-corrected chi connectivity index (χ4v) is 0.738. The van der Waals surface area contributed by atoms with Gasteiger partial charge in [-0.1, -0.05) is 13.2 Å². The largest absolute Gasteiger partial charge is 0.502 e. The van der Waals surface area contributed by atoms with E-state index >= 15 is 0 Å². The van der Waals surface area contributed by atoms with E-state index in [0.717, 1.165) is 12.8 Å². The van der Waals surface area contributed by atoms with Gasteiger partial charge in [0.2, 0.25) is 0 Å². The maximum Gasteiger partial charge on any atom is 0.111 e. The molecule has 0 fully saturated rings. The van der Waals surface area contributed by atoms with Crippen LogP contribution >= 0.6 is 0 Å². The van der Waals surface area contributed by atoms with Crippen LogP contribution in [0.1, 0.15) is 12.8 Å². The summed E-state index contributed by atoms with van der Waals surface area (Å²) >= 11 is 0. The Labute approximate surface area is 103 Å². The Kier molecular flexibility index (Phi) is 22.0. The van der Waals surface area contributed by atoms with Gasteiger partial charge in [-0.2, -0.15) is 0 Å². The fourth-order valence-electron chi connectivity index (χ4n) is 0.738. The summed E-state index contributed by atoms with van der Waals surface area (Å²) in [7, 11) is 0. The lowest BCUT2D eigenvalue weighted by Crippen LogP contribution is -2.04. The summed E-state index contributed by atoms with van der Waals surface area (Å²) in [5, 5.41) is 16.5. The molecule has 0 saturated carbocycles. The molecule has 102 valence electrons. The average molecular weight is 248 g/mol. The number of hydrogen-bond donors (Lipinski definition) is 2. The maximum absolute atomic E-state index is 8.28. The summed E-state index contributed by atoms with van der Waals surface area (Å²) in [6.07, 6.45) is 4.50. The van der Waals surface area contributed by atoms with Crippen molar-refractivity contribution < 1.29 is 24.4 Å². The maximum atomic E-state index is 8.28. The SMILES string of the molecule is C=COCCCCO.C=COCCOCCO. The van der Waals surface area contributed by atoms with Crippen molar-refractivity contribution >= 4 is 0 Å². The summed E-state index contributed by atoms with van der Waals surface area (Å²) in [4.78, 5) is 0. The zero-order valence-corrected chi connectivity index (χ0v) is 10.3. The average Bonchev–Trinajstić information content (AvgIpc) is 2.36. The predicted octanol–water partition coefficient (Wildman–Crippen LogP) is 1.07. The molecule has 17 heavy (non-hydrogen) atoms. The number of hydrogen-bond acceptors (Lipinski definition) is 5. The third-order valence-electron chi connectivity index (χ3n) is 1.49. The van der Waals surface area contributed by atoms with Crippen molar-refractivity contribution in [1.82, 2.24) is 0 Å². The van der Waals surface area contributed by atoms with E-state index in [9.17, 15) is 0 Å². The van der Waals surface area contributed by atoms with E-state index in [1.807, 2.05) is 0 Å². The molecule has 0 radical (unpaired) electrons. The zero-order valence-electron chi connectivity index (χ0n) is 10.3. The molecule has 0 heterocycles. The van der Waals surface area contributed by atoms with Gasteiger partial charge in [0.25, 0.3) is 0 Å². The van der Waals surface area contributed by atoms with E-state index in [-0.39, 0.29) is 13.2 Å². The van der Waals surface area contributed by atoms with Gasteiger partial charge in [-0.05, 0) is 12.8 Å². The highest BCUT2D eigenvalue weighted by atomic mass is 16.5. The zero-order chi connectivity index (χ0) is 13.2. The van der Waals surface area contributed by atoms with Crippen LogP contribution in [-0.2, 0) is 14.2 Å². The summed E-state index contributed by atoms with van der Waals surface area (Å²) in [5.74, 6) is 0. The van der Waals surface area contributed by atoms with Crippen LogP contribution < -0.4 is 0 Å². The normalized spacial score (nSPS) is 8.82. The van der Waals surface area contributed by atoms with E-state index < -0.39 is 0 Å². The third kappa shape index (κ3) is 25.3. The van der Waals surface area contributed by atoms with E-state index in [1.54, 1.807) is 0 Å². The Balaban J connectivity index is 0. The molecular weight excluding hydrogens is 224 g/mol. The first kappa shape index (κ1) is 18.3. The van der Waals surface area contributed by atoms with Crippen molar-refractivity contribution in [1.29, 1.82) is 0 Å². The van der Waals surface area contributed by atoms with Crippen LogP contribution in [0.2, 0.25) is 0 Å². The molecule has 0 saturated heterocycles. The molecule has 0 bridgehead atoms. The van der Waals surface area contributed by atoms with Gasteiger partial charge in [0.1, 0.15) is 6.61 Å². The molecule has 0 amide bonds. The van der Waals surface area contributed by atoms with E-state index in [4.69, 9.17) is 24.4 Å². The molecular formula is C12H24O5. The van der Waals surface area contributed by atoms with Gasteiger partial charge < -0.3 is 24.4 Å². The fraction of sp³-hybridized carbons (Fsp3) is 0.667. The molecule has 0 aromatic carbocycles. The van der Waals surface area contributed by atoms with Gasteiger partial charge in [-0.3, -0.25) is 0 Å². The van der Waals surface area contributed by atoms with Crippen molar-refractivity contribution in [2.24, 2.45) is 0 Å². The van der Waals surface area contributed by atoms with Crippen LogP contribution in [0.4, 0.5) is 0 Å². The lowest BCUT2D eigenvalue weighted by molar-refractivity contribution is 0.0603. The van der Waals surface area contributed by atoms with Crippen molar-refractivity contribution in [3.05, 3.63) is 25.7 Å². The number of ether oxygens (including phenoxy) is 3. The van der Waals surface area contributed by atoms with E-state index in [1.165, 1.54) is 12.5 Å². The van der Waals surface area contributed by atoms with Crippen molar-refractivity contribution in [2.75, 3.05) is 39.6 Å². The van der Waals surface area contributed by atoms with Crippen molar-refractivity contribution in [3.8, 4) is 0 Å². The Hall–Kier alpha value is -1.04. The molecule has 0 spiro atoms. The lowest BCUT2D eigenvalue weighted by Gasteiger charge is -2.00. The first-order valence-electron chi connectivity index (χ1n) is 5.58. The minimum Gasteiger partial charge on any atom is -0.502 e. The van der Waals surface area contributed by atoms with Gasteiger partial charge in [-0.25, -0.2) is 0 Å². The van der Waals surface area contributed by atoms with Crippen molar-refractivity contribution in [2.45, 2.75) is 12.8 Å². The highest BCUT2D eigenvalue weighted by Crippen LogP contribution is 1.87. The van der Waals surface area contributed by atoms with E-state index in [2.05, 4.69) is 13.2 Å². The minimum atomic E-state index is 0.0636. The Morgan fingerprint density at radius 2 is 1.41 bits per heavy atom. The van der Waals surface area contributed by atoms with Crippen LogP contribution in [0, 0.1) is 0 Å². The Morgan fingerprint density at radius 3 is 1.94 bits per heavy atom. The topological polar surface area (TPSA) is 68.2 Å². The minimum absolute atomic E-state index is 0.0636. The van der Waals surface area contributed by atoms with Crippen LogP contribution in [0.5, 0.6) is 0 Å². The number of rotatable bonds is 11. The van der Waals surface area contributed by atoms with Crippen LogP contribution in [0.3, 0.4) is 0 Å².